The first-order valence-corrected chi connectivity index (χ1v) is 7.95. The van der Waals surface area contributed by atoms with Gasteiger partial charge in [0.1, 0.15) is 0 Å². The summed E-state index contributed by atoms with van der Waals surface area (Å²) < 4.78 is 5.18. The summed E-state index contributed by atoms with van der Waals surface area (Å²) in [5.41, 5.74) is 6.94. The maximum absolute atomic E-state index is 7.38. The first kappa shape index (κ1) is 15.4. The third-order valence-electron chi connectivity index (χ3n) is 3.59. The first-order chi connectivity index (χ1) is 9.70. The van der Waals surface area contributed by atoms with E-state index < -0.39 is 0 Å². The number of hydrogen-bond donors (Lipinski definition) is 2. The molecule has 5 heteroatoms. The molecule has 0 radical (unpaired) electrons. The molecule has 0 aliphatic carbocycles. The molecule has 1 aliphatic heterocycles. The Balaban J connectivity index is 1.95. The lowest BCUT2D eigenvalue weighted by molar-refractivity contribution is 0.146. The summed E-state index contributed by atoms with van der Waals surface area (Å²) >= 11 is 1.94. The SMILES string of the molecule is COCCN(CCC(=N)N)CC1CSc2ccccc21. The van der Waals surface area contributed by atoms with Crippen molar-refractivity contribution in [2.75, 3.05) is 39.1 Å². The Morgan fingerprint density at radius 2 is 2.25 bits per heavy atom. The molecule has 1 aromatic carbocycles. The van der Waals surface area contributed by atoms with Crippen LogP contribution in [0.5, 0.6) is 0 Å². The maximum atomic E-state index is 7.38. The first-order valence-electron chi connectivity index (χ1n) is 6.96. The van der Waals surface area contributed by atoms with Gasteiger partial charge in [-0.2, -0.15) is 0 Å². The topological polar surface area (TPSA) is 62.3 Å². The molecule has 110 valence electrons. The number of benzene rings is 1. The van der Waals surface area contributed by atoms with Crippen LogP contribution in [-0.4, -0.2) is 49.8 Å². The van der Waals surface area contributed by atoms with Crippen molar-refractivity contribution >= 4 is 17.6 Å². The van der Waals surface area contributed by atoms with E-state index in [1.165, 1.54) is 10.5 Å². The molecule has 0 saturated heterocycles. The Hall–Kier alpha value is -1.04. The molecule has 0 spiro atoms. The van der Waals surface area contributed by atoms with Gasteiger partial charge in [0.25, 0.3) is 0 Å². The third kappa shape index (κ3) is 4.23. The molecule has 0 saturated carbocycles. The van der Waals surface area contributed by atoms with Crippen LogP contribution in [0.1, 0.15) is 17.9 Å². The minimum Gasteiger partial charge on any atom is -0.388 e. The Kier molecular flexibility index (Phi) is 5.88. The van der Waals surface area contributed by atoms with Crippen LogP contribution in [0.15, 0.2) is 29.2 Å². The van der Waals surface area contributed by atoms with E-state index in [-0.39, 0.29) is 5.84 Å². The van der Waals surface area contributed by atoms with E-state index in [1.807, 2.05) is 11.8 Å². The molecule has 1 atom stereocenters. The van der Waals surface area contributed by atoms with Crippen molar-refractivity contribution in [1.82, 2.24) is 4.90 Å². The zero-order chi connectivity index (χ0) is 14.4. The smallest absolute Gasteiger partial charge is 0.0918 e. The number of rotatable bonds is 8. The second-order valence-electron chi connectivity index (χ2n) is 5.11. The standard InChI is InChI=1S/C15H23N3OS/c1-19-9-8-18(7-6-15(16)17)10-12-11-20-14-5-3-2-4-13(12)14/h2-5,12H,6-11H2,1H3,(H3,16,17). The fourth-order valence-electron chi connectivity index (χ4n) is 2.49. The number of methoxy groups -OCH3 is 1. The number of hydrogen-bond acceptors (Lipinski definition) is 4. The zero-order valence-electron chi connectivity index (χ0n) is 12.0. The van der Waals surface area contributed by atoms with Gasteiger partial charge in [0.2, 0.25) is 0 Å². The van der Waals surface area contributed by atoms with Gasteiger partial charge < -0.3 is 10.5 Å². The van der Waals surface area contributed by atoms with Crippen LogP contribution >= 0.6 is 11.8 Å². The second kappa shape index (κ2) is 7.67. The zero-order valence-corrected chi connectivity index (χ0v) is 12.8. The van der Waals surface area contributed by atoms with E-state index >= 15 is 0 Å². The number of amidine groups is 1. The van der Waals surface area contributed by atoms with Crippen molar-refractivity contribution < 1.29 is 4.74 Å². The average molecular weight is 293 g/mol. The summed E-state index contributed by atoms with van der Waals surface area (Å²) in [5, 5.41) is 7.38. The molecule has 0 bridgehead atoms. The number of ether oxygens (including phenoxy) is 1. The lowest BCUT2D eigenvalue weighted by atomic mass is 10.0. The second-order valence-corrected chi connectivity index (χ2v) is 6.18. The predicted molar refractivity (Wildman–Crippen MR) is 84.8 cm³/mol. The number of nitrogens with two attached hydrogens (primary N) is 1. The van der Waals surface area contributed by atoms with Crippen LogP contribution < -0.4 is 5.73 Å². The monoisotopic (exact) mass is 293 g/mol. The summed E-state index contributed by atoms with van der Waals surface area (Å²) in [5.74, 6) is 1.97. The van der Waals surface area contributed by atoms with Gasteiger partial charge in [-0.05, 0) is 11.6 Å². The molecule has 1 unspecified atom stereocenters. The molecule has 3 N–H and O–H groups in total. The van der Waals surface area contributed by atoms with Crippen LogP contribution in [0.3, 0.4) is 0 Å². The van der Waals surface area contributed by atoms with E-state index in [9.17, 15) is 0 Å². The molecular weight excluding hydrogens is 270 g/mol. The fourth-order valence-corrected chi connectivity index (χ4v) is 3.73. The molecule has 20 heavy (non-hydrogen) atoms. The summed E-state index contributed by atoms with van der Waals surface area (Å²) in [6, 6.07) is 8.66. The van der Waals surface area contributed by atoms with Crippen molar-refractivity contribution in [3.63, 3.8) is 0 Å². The summed E-state index contributed by atoms with van der Waals surface area (Å²) in [7, 11) is 1.73. The normalized spacial score (nSPS) is 17.4. The quantitative estimate of drug-likeness (QED) is 0.569. The minimum atomic E-state index is 0.258. The predicted octanol–water partition coefficient (Wildman–Crippen LogP) is 2.15. The van der Waals surface area contributed by atoms with Gasteiger partial charge in [-0.3, -0.25) is 10.3 Å². The van der Waals surface area contributed by atoms with E-state index in [0.717, 1.165) is 32.0 Å². The van der Waals surface area contributed by atoms with Crippen LogP contribution in [0, 0.1) is 5.41 Å². The number of nitrogens with one attached hydrogen (secondary N) is 1. The van der Waals surface area contributed by atoms with Gasteiger partial charge in [-0.1, -0.05) is 18.2 Å². The largest absolute Gasteiger partial charge is 0.388 e. The maximum Gasteiger partial charge on any atom is 0.0918 e. The van der Waals surface area contributed by atoms with Gasteiger partial charge in [-0.25, -0.2) is 0 Å². The van der Waals surface area contributed by atoms with Crippen molar-refractivity contribution in [1.29, 1.82) is 5.41 Å². The van der Waals surface area contributed by atoms with E-state index in [0.29, 0.717) is 12.3 Å². The van der Waals surface area contributed by atoms with Crippen LogP contribution in [0.4, 0.5) is 0 Å². The molecule has 0 aromatic heterocycles. The Labute approximate surface area is 125 Å². The highest BCUT2D eigenvalue weighted by molar-refractivity contribution is 7.99. The van der Waals surface area contributed by atoms with Gasteiger partial charge in [-0.15, -0.1) is 11.8 Å². The van der Waals surface area contributed by atoms with Gasteiger partial charge in [0, 0.05) is 49.7 Å². The Morgan fingerprint density at radius 1 is 1.45 bits per heavy atom. The van der Waals surface area contributed by atoms with Crippen molar-refractivity contribution in [3.05, 3.63) is 29.8 Å². The average Bonchev–Trinajstić information content (AvgIpc) is 2.85. The van der Waals surface area contributed by atoms with E-state index in [2.05, 4.69) is 29.2 Å². The summed E-state index contributed by atoms with van der Waals surface area (Å²) in [4.78, 5) is 3.77. The summed E-state index contributed by atoms with van der Waals surface area (Å²) in [6.45, 7) is 3.47. The number of nitrogens with zero attached hydrogens (tertiary/aromatic N) is 1. The minimum absolute atomic E-state index is 0.258. The highest BCUT2D eigenvalue weighted by Gasteiger charge is 2.24. The van der Waals surface area contributed by atoms with Gasteiger partial charge in [0.05, 0.1) is 12.4 Å². The Morgan fingerprint density at radius 3 is 3.00 bits per heavy atom. The molecule has 1 heterocycles. The van der Waals surface area contributed by atoms with Crippen LogP contribution in [0.25, 0.3) is 0 Å². The van der Waals surface area contributed by atoms with E-state index in [1.54, 1.807) is 7.11 Å². The third-order valence-corrected chi connectivity index (χ3v) is 4.84. The lowest BCUT2D eigenvalue weighted by Gasteiger charge is -2.25. The molecule has 1 aromatic rings. The fraction of sp³-hybridized carbons (Fsp3) is 0.533. The molecule has 0 amide bonds. The van der Waals surface area contributed by atoms with Crippen LogP contribution in [0.2, 0.25) is 0 Å². The van der Waals surface area contributed by atoms with Crippen molar-refractivity contribution in [3.8, 4) is 0 Å². The molecule has 2 rings (SSSR count). The lowest BCUT2D eigenvalue weighted by Crippen LogP contribution is -2.34. The van der Waals surface area contributed by atoms with Crippen molar-refractivity contribution in [2.45, 2.75) is 17.2 Å². The molecule has 0 fully saturated rings. The molecule has 1 aliphatic rings. The number of fused-ring (bicyclic) bond motifs is 1. The van der Waals surface area contributed by atoms with Crippen molar-refractivity contribution in [2.24, 2.45) is 5.73 Å². The molecular formula is C15H23N3OS. The highest BCUT2D eigenvalue weighted by atomic mass is 32.2. The molecule has 4 nitrogen and oxygen atoms in total. The van der Waals surface area contributed by atoms with E-state index in [4.69, 9.17) is 15.9 Å². The van der Waals surface area contributed by atoms with Gasteiger partial charge in [0.15, 0.2) is 0 Å². The summed E-state index contributed by atoms with van der Waals surface area (Å²) in [6.07, 6.45) is 0.630. The highest BCUT2D eigenvalue weighted by Crippen LogP contribution is 2.39. The van der Waals surface area contributed by atoms with Gasteiger partial charge >= 0.3 is 0 Å². The number of thioether (sulfide) groups is 1. The Bertz CT molecular complexity index is 452. The van der Waals surface area contributed by atoms with Crippen LogP contribution in [-0.2, 0) is 4.74 Å².